The topological polar surface area (TPSA) is 21.6 Å². The molecule has 0 heterocycles. The average molecular weight is 189 g/mol. The van der Waals surface area contributed by atoms with E-state index in [0.717, 1.165) is 0 Å². The summed E-state index contributed by atoms with van der Waals surface area (Å²) in [6.45, 7) is 8.94. The first-order valence-corrected chi connectivity index (χ1v) is 6.88. The SMILES string of the molecule is C[SiH](C)OC(C)(C)CN=C=S. The van der Waals surface area contributed by atoms with Gasteiger partial charge in [-0.2, -0.15) is 0 Å². The molecule has 11 heavy (non-hydrogen) atoms. The second-order valence-electron chi connectivity index (χ2n) is 3.33. The lowest BCUT2D eigenvalue weighted by Gasteiger charge is -2.25. The van der Waals surface area contributed by atoms with Crippen molar-refractivity contribution >= 4 is 26.4 Å². The highest BCUT2D eigenvalue weighted by Crippen LogP contribution is 2.10. The quantitative estimate of drug-likeness (QED) is 0.382. The lowest BCUT2D eigenvalue weighted by atomic mass is 10.1. The van der Waals surface area contributed by atoms with Crippen LogP contribution in [0.5, 0.6) is 0 Å². The fourth-order valence-corrected chi connectivity index (χ4v) is 2.31. The van der Waals surface area contributed by atoms with Crippen molar-refractivity contribution in [2.75, 3.05) is 6.54 Å². The Labute approximate surface area is 75.4 Å². The fourth-order valence-electron chi connectivity index (χ4n) is 0.898. The summed E-state index contributed by atoms with van der Waals surface area (Å²) < 4.78 is 5.70. The maximum absolute atomic E-state index is 5.70. The molecule has 0 aliphatic heterocycles. The molecule has 4 heteroatoms. The van der Waals surface area contributed by atoms with E-state index in [1.165, 1.54) is 0 Å². The molecule has 0 N–H and O–H groups in total. The van der Waals surface area contributed by atoms with E-state index in [1.54, 1.807) is 0 Å². The van der Waals surface area contributed by atoms with Gasteiger partial charge in [0.15, 0.2) is 9.04 Å². The molecule has 0 unspecified atom stereocenters. The molecule has 2 nitrogen and oxygen atoms in total. The Balaban J connectivity index is 3.88. The highest BCUT2D eigenvalue weighted by Gasteiger charge is 2.18. The molecule has 0 amide bonds. The zero-order chi connectivity index (χ0) is 8.91. The van der Waals surface area contributed by atoms with Crippen LogP contribution in [0.4, 0.5) is 0 Å². The van der Waals surface area contributed by atoms with Crippen molar-refractivity contribution in [1.82, 2.24) is 0 Å². The van der Waals surface area contributed by atoms with Crippen molar-refractivity contribution in [3.05, 3.63) is 0 Å². The second-order valence-corrected chi connectivity index (χ2v) is 5.85. The Morgan fingerprint density at radius 3 is 2.45 bits per heavy atom. The van der Waals surface area contributed by atoms with Crippen LogP contribution in [-0.2, 0) is 4.43 Å². The van der Waals surface area contributed by atoms with Crippen LogP contribution in [0.25, 0.3) is 0 Å². The van der Waals surface area contributed by atoms with E-state index in [4.69, 9.17) is 4.43 Å². The van der Waals surface area contributed by atoms with Crippen molar-refractivity contribution in [1.29, 1.82) is 0 Å². The first kappa shape index (κ1) is 11.0. The van der Waals surface area contributed by atoms with Crippen LogP contribution in [0.1, 0.15) is 13.8 Å². The zero-order valence-corrected chi connectivity index (χ0v) is 9.52. The van der Waals surface area contributed by atoms with E-state index in [9.17, 15) is 0 Å². The van der Waals surface area contributed by atoms with Gasteiger partial charge in [-0.05, 0) is 39.2 Å². The maximum atomic E-state index is 5.70. The van der Waals surface area contributed by atoms with E-state index >= 15 is 0 Å². The third-order valence-corrected chi connectivity index (χ3v) is 2.32. The van der Waals surface area contributed by atoms with E-state index in [-0.39, 0.29) is 5.60 Å². The van der Waals surface area contributed by atoms with Crippen LogP contribution in [0.3, 0.4) is 0 Å². The lowest BCUT2D eigenvalue weighted by Crippen LogP contribution is -2.33. The number of hydrogen-bond acceptors (Lipinski definition) is 3. The number of aliphatic imine (C=N–C) groups is 1. The van der Waals surface area contributed by atoms with Gasteiger partial charge in [-0.1, -0.05) is 0 Å². The molecule has 0 aromatic carbocycles. The van der Waals surface area contributed by atoms with Gasteiger partial charge in [0.25, 0.3) is 0 Å². The minimum atomic E-state index is -0.960. The van der Waals surface area contributed by atoms with Crippen LogP contribution in [0.2, 0.25) is 13.1 Å². The number of nitrogens with zero attached hydrogens (tertiary/aromatic N) is 1. The van der Waals surface area contributed by atoms with Crippen molar-refractivity contribution < 1.29 is 4.43 Å². The summed E-state index contributed by atoms with van der Waals surface area (Å²) >= 11 is 4.47. The molecular weight excluding hydrogens is 174 g/mol. The molecule has 0 aliphatic rings. The van der Waals surface area contributed by atoms with Crippen LogP contribution < -0.4 is 0 Å². The number of hydrogen-bond donors (Lipinski definition) is 0. The molecular formula is C7H15NOSSi. The fraction of sp³-hybridized carbons (Fsp3) is 0.857. The van der Waals surface area contributed by atoms with E-state index in [0.29, 0.717) is 6.54 Å². The molecule has 0 atom stereocenters. The van der Waals surface area contributed by atoms with Gasteiger partial charge in [0.05, 0.1) is 17.3 Å². The van der Waals surface area contributed by atoms with Crippen LogP contribution in [-0.4, -0.2) is 26.3 Å². The van der Waals surface area contributed by atoms with Crippen molar-refractivity contribution in [2.45, 2.75) is 32.5 Å². The summed E-state index contributed by atoms with van der Waals surface area (Å²) in [5.74, 6) is 0. The van der Waals surface area contributed by atoms with E-state index in [2.05, 4.69) is 35.5 Å². The lowest BCUT2D eigenvalue weighted by molar-refractivity contribution is 0.120. The summed E-state index contributed by atoms with van der Waals surface area (Å²) in [6.07, 6.45) is 0. The normalized spacial score (nSPS) is 11.4. The Hall–Kier alpha value is -0.0231. The van der Waals surface area contributed by atoms with E-state index < -0.39 is 9.04 Å². The predicted molar refractivity (Wildman–Crippen MR) is 53.9 cm³/mol. The van der Waals surface area contributed by atoms with Crippen molar-refractivity contribution in [2.24, 2.45) is 4.99 Å². The Bertz CT molecular complexity index is 164. The molecule has 64 valence electrons. The Morgan fingerprint density at radius 2 is 2.09 bits per heavy atom. The van der Waals surface area contributed by atoms with Gasteiger partial charge in [-0.3, -0.25) is 0 Å². The number of isothiocyanates is 1. The molecule has 0 aromatic heterocycles. The summed E-state index contributed by atoms with van der Waals surface area (Å²) in [5.41, 5.74) is -0.161. The summed E-state index contributed by atoms with van der Waals surface area (Å²) in [6, 6.07) is 0. The number of thiocarbonyl (C=S) groups is 1. The maximum Gasteiger partial charge on any atom is 0.171 e. The predicted octanol–water partition coefficient (Wildman–Crippen LogP) is 1.87. The van der Waals surface area contributed by atoms with Gasteiger partial charge in [-0.25, -0.2) is 4.99 Å². The molecule has 0 radical (unpaired) electrons. The molecule has 0 saturated heterocycles. The zero-order valence-electron chi connectivity index (χ0n) is 7.55. The van der Waals surface area contributed by atoms with E-state index in [1.807, 2.05) is 13.8 Å². The highest BCUT2D eigenvalue weighted by atomic mass is 32.1. The third kappa shape index (κ3) is 6.38. The van der Waals surface area contributed by atoms with Crippen LogP contribution >= 0.6 is 12.2 Å². The molecule has 0 spiro atoms. The van der Waals surface area contributed by atoms with Crippen molar-refractivity contribution in [3.63, 3.8) is 0 Å². The molecule has 0 bridgehead atoms. The molecule has 0 aromatic rings. The van der Waals surface area contributed by atoms with Gasteiger partial charge in [0.1, 0.15) is 0 Å². The molecule has 0 saturated carbocycles. The van der Waals surface area contributed by atoms with Gasteiger partial charge < -0.3 is 4.43 Å². The number of rotatable bonds is 4. The highest BCUT2D eigenvalue weighted by molar-refractivity contribution is 7.78. The average Bonchev–Trinajstić information content (AvgIpc) is 1.81. The Morgan fingerprint density at radius 1 is 1.55 bits per heavy atom. The van der Waals surface area contributed by atoms with Gasteiger partial charge >= 0.3 is 0 Å². The smallest absolute Gasteiger partial charge is 0.171 e. The van der Waals surface area contributed by atoms with Gasteiger partial charge in [0.2, 0.25) is 0 Å². The molecule has 0 fully saturated rings. The summed E-state index contributed by atoms with van der Waals surface area (Å²) in [4.78, 5) is 3.86. The first-order valence-electron chi connectivity index (χ1n) is 3.69. The monoisotopic (exact) mass is 189 g/mol. The first-order chi connectivity index (χ1) is 4.98. The van der Waals surface area contributed by atoms with Crippen LogP contribution in [0.15, 0.2) is 4.99 Å². The second kappa shape index (κ2) is 4.77. The summed E-state index contributed by atoms with van der Waals surface area (Å²) in [7, 11) is -0.960. The largest absolute Gasteiger partial charge is 0.414 e. The van der Waals surface area contributed by atoms with Gasteiger partial charge in [0, 0.05) is 0 Å². The minimum absolute atomic E-state index is 0.161. The third-order valence-electron chi connectivity index (χ3n) is 1.08. The van der Waals surface area contributed by atoms with Gasteiger partial charge in [-0.15, -0.1) is 0 Å². The standard InChI is InChI=1S/C7H15NOSSi/c1-7(2,5-8-6-10)9-11(3)4/h11H,5H2,1-4H3. The van der Waals surface area contributed by atoms with Crippen molar-refractivity contribution in [3.8, 4) is 0 Å². The minimum Gasteiger partial charge on any atom is -0.414 e. The van der Waals surface area contributed by atoms with Crippen LogP contribution in [0, 0.1) is 0 Å². The summed E-state index contributed by atoms with van der Waals surface area (Å²) in [5, 5.41) is 2.34. The molecule has 0 aliphatic carbocycles. The molecule has 0 rings (SSSR count). The Kier molecular flexibility index (Phi) is 4.76.